The summed E-state index contributed by atoms with van der Waals surface area (Å²) in [6, 6.07) is 7.99. The van der Waals surface area contributed by atoms with E-state index in [0.29, 0.717) is 10.9 Å². The Morgan fingerprint density at radius 1 is 1.33 bits per heavy atom. The molecule has 1 atom stereocenters. The van der Waals surface area contributed by atoms with Crippen LogP contribution in [-0.4, -0.2) is 27.5 Å². The number of amides is 1. The lowest BCUT2D eigenvalue weighted by Crippen LogP contribution is -2.52. The van der Waals surface area contributed by atoms with Crippen molar-refractivity contribution in [2.24, 2.45) is 0 Å². The Balaban J connectivity index is 2.41. The first-order valence-corrected chi connectivity index (χ1v) is 6.55. The number of carbonyl (C=O) groups excluding carboxylic acids is 1. The first kappa shape index (κ1) is 14.8. The van der Waals surface area contributed by atoms with Gasteiger partial charge in [-0.3, -0.25) is 9.59 Å². The Bertz CT molecular complexity index is 766. The van der Waals surface area contributed by atoms with Gasteiger partial charge in [-0.05, 0) is 25.5 Å². The fourth-order valence-corrected chi connectivity index (χ4v) is 1.93. The first-order chi connectivity index (χ1) is 9.87. The number of aliphatic carboxylic acids is 1. The summed E-state index contributed by atoms with van der Waals surface area (Å²) in [4.78, 5) is 38.2. The number of hydrogen-bond acceptors (Lipinski definition) is 3. The van der Waals surface area contributed by atoms with E-state index in [0.717, 1.165) is 0 Å². The Morgan fingerprint density at radius 3 is 2.62 bits per heavy atom. The lowest BCUT2D eigenvalue weighted by Gasteiger charge is -2.24. The molecule has 0 aliphatic heterocycles. The first-order valence-electron chi connectivity index (χ1n) is 6.55. The number of fused-ring (bicyclic) bond motifs is 1. The van der Waals surface area contributed by atoms with E-state index in [2.05, 4.69) is 10.3 Å². The second-order valence-electron chi connectivity index (χ2n) is 5.04. The number of carbonyl (C=O) groups is 2. The highest BCUT2D eigenvalue weighted by Gasteiger charge is 2.33. The smallest absolute Gasteiger partial charge is 0.329 e. The van der Waals surface area contributed by atoms with Gasteiger partial charge in [0.25, 0.3) is 5.91 Å². The summed E-state index contributed by atoms with van der Waals surface area (Å²) in [5.74, 6) is -1.74. The summed E-state index contributed by atoms with van der Waals surface area (Å²) in [6.07, 6.45) is 0.228. The summed E-state index contributed by atoms with van der Waals surface area (Å²) < 4.78 is 0. The minimum absolute atomic E-state index is 0.0413. The van der Waals surface area contributed by atoms with Gasteiger partial charge >= 0.3 is 5.97 Å². The molecule has 3 N–H and O–H groups in total. The molecular weight excluding hydrogens is 272 g/mol. The van der Waals surface area contributed by atoms with E-state index in [4.69, 9.17) is 5.11 Å². The predicted octanol–water partition coefficient (Wildman–Crippen LogP) is 1.51. The third-order valence-corrected chi connectivity index (χ3v) is 3.55. The van der Waals surface area contributed by atoms with Gasteiger partial charge in [-0.2, -0.15) is 0 Å². The maximum absolute atomic E-state index is 12.2. The highest BCUT2D eigenvalue weighted by molar-refractivity contribution is 5.97. The molecule has 21 heavy (non-hydrogen) atoms. The molecule has 1 aromatic heterocycles. The molecule has 1 amide bonds. The van der Waals surface area contributed by atoms with E-state index in [9.17, 15) is 14.4 Å². The Kier molecular flexibility index (Phi) is 3.80. The molecule has 0 spiro atoms. The number of aromatic amines is 1. The van der Waals surface area contributed by atoms with Crippen molar-refractivity contribution in [2.75, 3.05) is 0 Å². The second-order valence-corrected chi connectivity index (χ2v) is 5.04. The van der Waals surface area contributed by atoms with Crippen LogP contribution in [0.25, 0.3) is 10.9 Å². The molecule has 0 fully saturated rings. The Labute approximate surface area is 120 Å². The molecule has 1 unspecified atom stereocenters. The third kappa shape index (κ3) is 2.79. The van der Waals surface area contributed by atoms with E-state index < -0.39 is 17.4 Å². The number of rotatable bonds is 4. The molecule has 0 aliphatic carbocycles. The van der Waals surface area contributed by atoms with Gasteiger partial charge in [-0.1, -0.05) is 19.1 Å². The number of pyridine rings is 1. The number of para-hydroxylation sites is 1. The summed E-state index contributed by atoms with van der Waals surface area (Å²) in [5, 5.41) is 12.1. The number of H-pyrrole nitrogens is 1. The van der Waals surface area contributed by atoms with Crippen LogP contribution in [0.15, 0.2) is 35.1 Å². The molecule has 1 aromatic carbocycles. The van der Waals surface area contributed by atoms with Crippen LogP contribution in [0, 0.1) is 0 Å². The average molecular weight is 288 g/mol. The second kappa shape index (κ2) is 5.40. The molecule has 2 rings (SSSR count). The van der Waals surface area contributed by atoms with Crippen LogP contribution in [0.4, 0.5) is 0 Å². The molecule has 1 heterocycles. The van der Waals surface area contributed by atoms with Crippen molar-refractivity contribution in [3.05, 3.63) is 46.2 Å². The number of carboxylic acids is 1. The zero-order chi connectivity index (χ0) is 15.6. The summed E-state index contributed by atoms with van der Waals surface area (Å²) in [7, 11) is 0. The van der Waals surface area contributed by atoms with Gasteiger partial charge in [-0.15, -0.1) is 0 Å². The highest BCUT2D eigenvalue weighted by atomic mass is 16.4. The number of carboxylic acid groups (broad SMARTS) is 1. The van der Waals surface area contributed by atoms with Crippen LogP contribution in [-0.2, 0) is 4.79 Å². The van der Waals surface area contributed by atoms with Crippen molar-refractivity contribution in [1.82, 2.24) is 10.3 Å². The molecule has 0 bridgehead atoms. The number of benzene rings is 1. The van der Waals surface area contributed by atoms with Crippen LogP contribution in [0.3, 0.4) is 0 Å². The normalized spacial score (nSPS) is 13.6. The topological polar surface area (TPSA) is 99.3 Å². The van der Waals surface area contributed by atoms with Crippen molar-refractivity contribution in [3.8, 4) is 0 Å². The van der Waals surface area contributed by atoms with Gasteiger partial charge in [0.05, 0.1) is 0 Å². The lowest BCUT2D eigenvalue weighted by molar-refractivity contribution is -0.143. The fraction of sp³-hybridized carbons (Fsp3) is 0.267. The summed E-state index contributed by atoms with van der Waals surface area (Å²) in [5.41, 5.74) is -1.09. The Morgan fingerprint density at radius 2 is 2.00 bits per heavy atom. The number of aromatic nitrogens is 1. The molecule has 6 nitrogen and oxygen atoms in total. The highest BCUT2D eigenvalue weighted by Crippen LogP contribution is 2.12. The maximum atomic E-state index is 12.2. The zero-order valence-corrected chi connectivity index (χ0v) is 11.8. The molecular formula is C15H16N2O4. The van der Waals surface area contributed by atoms with Crippen LogP contribution in [0.2, 0.25) is 0 Å². The van der Waals surface area contributed by atoms with E-state index >= 15 is 0 Å². The standard InChI is InChI=1S/C15H16N2O4/c1-3-15(2,14(20)21)17-13(19)11-8-12(18)9-6-4-5-7-10(9)16-11/h4-8H,3H2,1-2H3,(H,16,18)(H,17,19)(H,20,21). The van der Waals surface area contributed by atoms with Crippen LogP contribution >= 0.6 is 0 Å². The number of nitrogens with one attached hydrogen (secondary N) is 2. The van der Waals surface area contributed by atoms with E-state index in [1.165, 1.54) is 13.0 Å². The lowest BCUT2D eigenvalue weighted by atomic mass is 9.99. The molecule has 0 aliphatic rings. The average Bonchev–Trinajstić information content (AvgIpc) is 2.46. The van der Waals surface area contributed by atoms with E-state index in [-0.39, 0.29) is 17.5 Å². The summed E-state index contributed by atoms with van der Waals surface area (Å²) >= 11 is 0. The predicted molar refractivity (Wildman–Crippen MR) is 78.4 cm³/mol. The number of hydrogen-bond donors (Lipinski definition) is 3. The minimum atomic E-state index is -1.38. The van der Waals surface area contributed by atoms with Crippen molar-refractivity contribution in [2.45, 2.75) is 25.8 Å². The SMILES string of the molecule is CCC(C)(NC(=O)c1cc(=O)c2ccccc2[nH]1)C(=O)O. The Hall–Kier alpha value is -2.63. The monoisotopic (exact) mass is 288 g/mol. The van der Waals surface area contributed by atoms with Gasteiger partial charge in [-0.25, -0.2) is 4.79 Å². The van der Waals surface area contributed by atoms with Crippen molar-refractivity contribution in [1.29, 1.82) is 0 Å². The van der Waals surface area contributed by atoms with Gasteiger partial charge < -0.3 is 15.4 Å². The quantitative estimate of drug-likeness (QED) is 0.794. The molecule has 0 saturated carbocycles. The maximum Gasteiger partial charge on any atom is 0.329 e. The zero-order valence-electron chi connectivity index (χ0n) is 11.8. The molecule has 0 radical (unpaired) electrons. The van der Waals surface area contributed by atoms with Gasteiger partial charge in [0.2, 0.25) is 0 Å². The molecule has 110 valence electrons. The van der Waals surface area contributed by atoms with Crippen LogP contribution < -0.4 is 10.7 Å². The summed E-state index contributed by atoms with van der Waals surface area (Å²) in [6.45, 7) is 3.09. The van der Waals surface area contributed by atoms with Crippen LogP contribution in [0.5, 0.6) is 0 Å². The van der Waals surface area contributed by atoms with Gasteiger partial charge in [0.15, 0.2) is 5.43 Å². The largest absolute Gasteiger partial charge is 0.480 e. The molecule has 2 aromatic rings. The van der Waals surface area contributed by atoms with Crippen molar-refractivity contribution >= 4 is 22.8 Å². The fourth-order valence-electron chi connectivity index (χ4n) is 1.93. The van der Waals surface area contributed by atoms with E-state index in [1.807, 2.05) is 0 Å². The van der Waals surface area contributed by atoms with Crippen molar-refractivity contribution in [3.63, 3.8) is 0 Å². The molecule has 6 heteroatoms. The van der Waals surface area contributed by atoms with Crippen LogP contribution in [0.1, 0.15) is 30.8 Å². The minimum Gasteiger partial charge on any atom is -0.480 e. The molecule has 0 saturated heterocycles. The third-order valence-electron chi connectivity index (χ3n) is 3.55. The van der Waals surface area contributed by atoms with E-state index in [1.54, 1.807) is 31.2 Å². The van der Waals surface area contributed by atoms with Gasteiger partial charge in [0.1, 0.15) is 11.2 Å². The van der Waals surface area contributed by atoms with Gasteiger partial charge in [0, 0.05) is 17.0 Å². The van der Waals surface area contributed by atoms with Crippen molar-refractivity contribution < 1.29 is 14.7 Å².